The molecule has 0 aliphatic heterocycles. The number of hydrogen-bond acceptors (Lipinski definition) is 2. The van der Waals surface area contributed by atoms with Gasteiger partial charge in [0.05, 0.1) is 13.1 Å². The van der Waals surface area contributed by atoms with E-state index in [2.05, 4.69) is 19.2 Å². The van der Waals surface area contributed by atoms with Crippen LogP contribution in [0, 0.1) is 22.5 Å². The lowest BCUT2D eigenvalue weighted by Gasteiger charge is -1.83. The summed E-state index contributed by atoms with van der Waals surface area (Å²) >= 11 is 0. The Kier molecular flexibility index (Phi) is 18.4. The van der Waals surface area contributed by atoms with Crippen LogP contribution in [0.2, 0.25) is 0 Å². The zero-order chi connectivity index (χ0) is 8.24. The topological polar surface area (TPSA) is 64.2 Å². The molecule has 0 aliphatic carbocycles. The van der Waals surface area contributed by atoms with E-state index in [0.29, 0.717) is 0 Å². The minimum absolute atomic E-state index is 0.861. The molecule has 0 aliphatic rings. The first kappa shape index (κ1) is 11.8. The Morgan fingerprint density at radius 3 is 1.60 bits per heavy atom. The first-order valence-electron chi connectivity index (χ1n) is 3.68. The molecular formula is C6H14BN3. The Morgan fingerprint density at radius 2 is 1.60 bits per heavy atom. The highest BCUT2D eigenvalue weighted by Gasteiger charge is 1.67. The van der Waals surface area contributed by atoms with Crippen LogP contribution < -0.4 is 5.32 Å². The van der Waals surface area contributed by atoms with Gasteiger partial charge in [-0.25, -0.2) is 10.5 Å². The van der Waals surface area contributed by atoms with E-state index >= 15 is 0 Å². The summed E-state index contributed by atoms with van der Waals surface area (Å²) in [6.45, 7) is 6.75. The maximum atomic E-state index is 7.65. The molecule has 2 N–H and O–H groups in total. The van der Waals surface area contributed by atoms with E-state index in [1.165, 1.54) is 13.1 Å². The molecule has 0 radical (unpaired) electrons. The van der Waals surface area contributed by atoms with Crippen LogP contribution in [0.1, 0.15) is 13.8 Å². The molecule has 0 bridgehead atoms. The number of nitrogens with zero attached hydrogens (tertiary/aromatic N) is 2. The van der Waals surface area contributed by atoms with E-state index in [-0.39, 0.29) is 0 Å². The molecule has 0 aromatic heterocycles. The first-order valence-corrected chi connectivity index (χ1v) is 3.68. The fourth-order valence-electron chi connectivity index (χ4n) is 0.339. The van der Waals surface area contributed by atoms with Crippen LogP contribution in [-0.2, 0) is 0 Å². The normalized spacial score (nSPS) is 6.40. The van der Waals surface area contributed by atoms with Gasteiger partial charge in [-0.15, -0.1) is 11.9 Å². The molecule has 0 amide bonds. The molecule has 0 spiro atoms. The van der Waals surface area contributed by atoms with Crippen LogP contribution >= 0.6 is 0 Å². The van der Waals surface area contributed by atoms with Crippen LogP contribution in [0.15, 0.2) is 0 Å². The van der Waals surface area contributed by atoms with Gasteiger partial charge in [-0.2, -0.15) is 0 Å². The first-order chi connectivity index (χ1) is 4.83. The molecule has 0 rings (SSSR count). The Labute approximate surface area is 62.9 Å². The summed E-state index contributed by atoms with van der Waals surface area (Å²) < 4.78 is 0. The van der Waals surface area contributed by atoms with Crippen LogP contribution in [-0.4, -0.2) is 20.4 Å². The molecule has 0 heterocycles. The van der Waals surface area contributed by atoms with Gasteiger partial charge in [0.2, 0.25) is 0 Å². The van der Waals surface area contributed by atoms with Gasteiger partial charge >= 0.3 is 0 Å². The number of nitrogens with two attached hydrogens (primary N) is 1. The SMILES string of the molecule is CC[NH2+]CC.N#C[BH2-]C#N. The molecule has 0 unspecified atom stereocenters. The summed E-state index contributed by atoms with van der Waals surface area (Å²) in [4.78, 5) is 0. The summed E-state index contributed by atoms with van der Waals surface area (Å²) in [5, 5.41) is 17.5. The molecule has 0 saturated heterocycles. The van der Waals surface area contributed by atoms with Crippen LogP contribution in [0.25, 0.3) is 0 Å². The zero-order valence-electron chi connectivity index (χ0n) is 6.89. The molecule has 0 aromatic rings. The summed E-state index contributed by atoms with van der Waals surface area (Å²) in [6.07, 6.45) is 0. The standard InChI is InChI=1S/C4H11N.C2H2BN2/c1-3-5-4-2;4-1-3-2-5/h5H,3-4H2,1-2H3;3H2/q;-1/p+1. The molecule has 3 nitrogen and oxygen atoms in total. The maximum absolute atomic E-state index is 7.65. The fourth-order valence-corrected chi connectivity index (χ4v) is 0.339. The molecule has 0 fully saturated rings. The molecule has 4 heteroatoms. The van der Waals surface area contributed by atoms with Crippen LogP contribution in [0.3, 0.4) is 0 Å². The van der Waals surface area contributed by atoms with E-state index in [9.17, 15) is 0 Å². The number of quaternary nitrogens is 1. The van der Waals surface area contributed by atoms with Gasteiger partial charge in [-0.1, -0.05) is 0 Å². The van der Waals surface area contributed by atoms with Gasteiger partial charge in [0, 0.05) is 0 Å². The zero-order valence-corrected chi connectivity index (χ0v) is 6.89. The van der Waals surface area contributed by atoms with Crippen molar-refractivity contribution in [1.82, 2.24) is 0 Å². The van der Waals surface area contributed by atoms with E-state index < -0.39 is 7.28 Å². The quantitative estimate of drug-likeness (QED) is 0.483. The molecule has 0 atom stereocenters. The van der Waals surface area contributed by atoms with Crippen molar-refractivity contribution in [1.29, 1.82) is 10.5 Å². The van der Waals surface area contributed by atoms with E-state index in [1.807, 2.05) is 0 Å². The highest BCUT2D eigenvalue weighted by Crippen LogP contribution is 1.38. The monoisotopic (exact) mass is 139 g/mol. The number of nitriles is 2. The lowest BCUT2D eigenvalue weighted by molar-refractivity contribution is -0.648. The van der Waals surface area contributed by atoms with E-state index in [4.69, 9.17) is 10.5 Å². The predicted octanol–water partition coefficient (Wildman–Crippen LogP) is -1.29. The van der Waals surface area contributed by atoms with Crippen LogP contribution in [0.5, 0.6) is 0 Å². The Balaban J connectivity index is 0. The lowest BCUT2D eigenvalue weighted by Crippen LogP contribution is -2.82. The largest absolute Gasteiger partial charge is 0.347 e. The molecule has 10 heavy (non-hydrogen) atoms. The average Bonchev–Trinajstić information content (AvgIpc) is 1.93. The molecular weight excluding hydrogens is 125 g/mol. The van der Waals surface area contributed by atoms with Crippen LogP contribution in [0.4, 0.5) is 0 Å². The van der Waals surface area contributed by atoms with Gasteiger partial charge in [0.15, 0.2) is 7.28 Å². The van der Waals surface area contributed by atoms with Gasteiger partial charge in [-0.3, -0.25) is 0 Å². The smallest absolute Gasteiger partial charge is 0.179 e. The van der Waals surface area contributed by atoms with Gasteiger partial charge < -0.3 is 5.32 Å². The van der Waals surface area contributed by atoms with Crippen molar-refractivity contribution in [2.45, 2.75) is 13.8 Å². The highest BCUT2D eigenvalue weighted by molar-refractivity contribution is 6.53. The third kappa shape index (κ3) is 28.0. The third-order valence-electron chi connectivity index (χ3n) is 0.801. The van der Waals surface area contributed by atoms with Gasteiger partial charge in [-0.05, 0) is 13.8 Å². The predicted molar refractivity (Wildman–Crippen MR) is 42.8 cm³/mol. The minimum Gasteiger partial charge on any atom is -0.347 e. The maximum Gasteiger partial charge on any atom is 0.179 e. The van der Waals surface area contributed by atoms with Crippen molar-refractivity contribution in [2.24, 2.45) is 0 Å². The molecule has 0 saturated carbocycles. The molecule has 56 valence electrons. The van der Waals surface area contributed by atoms with Crippen molar-refractivity contribution in [3.63, 3.8) is 0 Å². The summed E-state index contributed by atoms with van der Waals surface area (Å²) in [5.74, 6) is 3.56. The summed E-state index contributed by atoms with van der Waals surface area (Å²) in [5.41, 5.74) is 0. The number of hydrogen-bond donors (Lipinski definition) is 1. The van der Waals surface area contributed by atoms with Crippen molar-refractivity contribution in [3.8, 4) is 11.9 Å². The lowest BCUT2D eigenvalue weighted by atomic mass is 9.85. The van der Waals surface area contributed by atoms with Crippen molar-refractivity contribution in [3.05, 3.63) is 0 Å². The second kappa shape index (κ2) is 15.7. The van der Waals surface area contributed by atoms with Gasteiger partial charge in [0.25, 0.3) is 0 Å². The number of rotatable bonds is 2. The highest BCUT2D eigenvalue weighted by atomic mass is 14.8. The third-order valence-corrected chi connectivity index (χ3v) is 0.801. The second-order valence-electron chi connectivity index (χ2n) is 1.80. The minimum atomic E-state index is -0.861. The summed E-state index contributed by atoms with van der Waals surface area (Å²) in [7, 11) is -0.861. The summed E-state index contributed by atoms with van der Waals surface area (Å²) in [6, 6.07) is 0. The Bertz CT molecular complexity index is 108. The fraction of sp³-hybridized carbons (Fsp3) is 0.667. The van der Waals surface area contributed by atoms with E-state index in [1.54, 1.807) is 11.9 Å². The van der Waals surface area contributed by atoms with E-state index in [0.717, 1.165) is 0 Å². The average molecular weight is 139 g/mol. The van der Waals surface area contributed by atoms with Crippen molar-refractivity contribution >= 4 is 7.28 Å². The molecule has 0 aromatic carbocycles. The van der Waals surface area contributed by atoms with Crippen molar-refractivity contribution < 1.29 is 5.32 Å². The Hall–Kier alpha value is -0.995. The van der Waals surface area contributed by atoms with Crippen molar-refractivity contribution in [2.75, 3.05) is 13.1 Å². The van der Waals surface area contributed by atoms with Gasteiger partial charge in [0.1, 0.15) is 0 Å². The second-order valence-corrected chi connectivity index (χ2v) is 1.80. The Morgan fingerprint density at radius 1 is 1.20 bits per heavy atom.